The Morgan fingerprint density at radius 2 is 1.94 bits per heavy atom. The van der Waals surface area contributed by atoms with Gasteiger partial charge in [0, 0.05) is 0 Å². The molecule has 1 aromatic carbocycles. The fourth-order valence-electron chi connectivity index (χ4n) is 1.43. The van der Waals surface area contributed by atoms with Gasteiger partial charge in [-0.25, -0.2) is 0 Å². The van der Waals surface area contributed by atoms with Gasteiger partial charge in [-0.15, -0.1) is 0 Å². The summed E-state index contributed by atoms with van der Waals surface area (Å²) in [7, 11) is 0. The van der Waals surface area contributed by atoms with Crippen molar-refractivity contribution < 1.29 is 27.4 Å². The molecule has 2 rings (SSSR count). The van der Waals surface area contributed by atoms with E-state index in [0.29, 0.717) is 13.2 Å². The average Bonchev–Trinajstić information content (AvgIpc) is 2.78. The maximum absolute atomic E-state index is 12.4. The molecule has 6 heteroatoms. The first kappa shape index (κ1) is 12.2. The van der Waals surface area contributed by atoms with E-state index in [0.717, 1.165) is 12.1 Å². The van der Waals surface area contributed by atoms with E-state index in [2.05, 4.69) is 0 Å². The van der Waals surface area contributed by atoms with E-state index in [-0.39, 0.29) is 12.4 Å². The molecule has 0 bridgehead atoms. The second-order valence-electron chi connectivity index (χ2n) is 3.51. The highest BCUT2D eigenvalue weighted by molar-refractivity contribution is 5.30. The van der Waals surface area contributed by atoms with Crippen molar-refractivity contribution in [3.8, 4) is 5.75 Å². The maximum Gasteiger partial charge on any atom is 0.416 e. The summed E-state index contributed by atoms with van der Waals surface area (Å²) in [5.41, 5.74) is -0.733. The normalized spacial score (nSPS) is 17.4. The van der Waals surface area contributed by atoms with Crippen molar-refractivity contribution in [2.24, 2.45) is 0 Å². The molecule has 3 nitrogen and oxygen atoms in total. The fraction of sp³-hybridized carbons (Fsp3) is 0.455. The van der Waals surface area contributed by atoms with Gasteiger partial charge in [0.25, 0.3) is 0 Å². The van der Waals surface area contributed by atoms with Gasteiger partial charge < -0.3 is 14.2 Å². The van der Waals surface area contributed by atoms with Crippen LogP contribution in [0.25, 0.3) is 0 Å². The van der Waals surface area contributed by atoms with Crippen LogP contribution in [0.5, 0.6) is 5.75 Å². The van der Waals surface area contributed by atoms with Crippen molar-refractivity contribution in [3.05, 3.63) is 29.8 Å². The van der Waals surface area contributed by atoms with Crippen LogP contribution in [0.2, 0.25) is 0 Å². The Morgan fingerprint density at radius 3 is 2.59 bits per heavy atom. The third kappa shape index (κ3) is 3.34. The van der Waals surface area contributed by atoms with Crippen LogP contribution in [-0.4, -0.2) is 26.1 Å². The molecule has 1 heterocycles. The maximum atomic E-state index is 12.4. The Labute approximate surface area is 96.1 Å². The van der Waals surface area contributed by atoms with Gasteiger partial charge in [0.15, 0.2) is 6.29 Å². The monoisotopic (exact) mass is 248 g/mol. The molecule has 0 amide bonds. The van der Waals surface area contributed by atoms with Crippen molar-refractivity contribution in [3.63, 3.8) is 0 Å². The highest BCUT2D eigenvalue weighted by atomic mass is 19.4. The van der Waals surface area contributed by atoms with Gasteiger partial charge in [0.1, 0.15) is 12.4 Å². The Balaban J connectivity index is 1.96. The summed E-state index contributed by atoms with van der Waals surface area (Å²) in [5, 5.41) is 0. The Morgan fingerprint density at radius 1 is 1.24 bits per heavy atom. The molecule has 1 aliphatic heterocycles. The van der Waals surface area contributed by atoms with E-state index in [1.807, 2.05) is 0 Å². The first-order chi connectivity index (χ1) is 8.05. The van der Waals surface area contributed by atoms with Crippen molar-refractivity contribution in [2.75, 3.05) is 19.8 Å². The smallest absolute Gasteiger partial charge is 0.416 e. The molecule has 0 N–H and O–H groups in total. The lowest BCUT2D eigenvalue weighted by Gasteiger charge is -2.12. The van der Waals surface area contributed by atoms with Crippen LogP contribution in [0.1, 0.15) is 5.56 Å². The summed E-state index contributed by atoms with van der Waals surface area (Å²) in [6.07, 6.45) is -4.86. The molecular formula is C11H11F3O3. The molecular weight excluding hydrogens is 237 g/mol. The topological polar surface area (TPSA) is 27.7 Å². The van der Waals surface area contributed by atoms with Gasteiger partial charge in [0.05, 0.1) is 18.8 Å². The van der Waals surface area contributed by atoms with Crippen molar-refractivity contribution >= 4 is 0 Å². The third-order valence-corrected chi connectivity index (χ3v) is 2.24. The zero-order chi connectivity index (χ0) is 12.3. The van der Waals surface area contributed by atoms with Gasteiger partial charge in [-0.3, -0.25) is 0 Å². The molecule has 1 saturated heterocycles. The summed E-state index contributed by atoms with van der Waals surface area (Å²) in [6.45, 7) is 1.05. The first-order valence-corrected chi connectivity index (χ1v) is 5.09. The molecule has 17 heavy (non-hydrogen) atoms. The predicted octanol–water partition coefficient (Wildman–Crippen LogP) is 2.46. The van der Waals surface area contributed by atoms with Crippen molar-refractivity contribution in [1.82, 2.24) is 0 Å². The second-order valence-corrected chi connectivity index (χ2v) is 3.51. The average molecular weight is 248 g/mol. The van der Waals surface area contributed by atoms with Gasteiger partial charge in [-0.2, -0.15) is 13.2 Å². The molecule has 0 saturated carbocycles. The fourth-order valence-corrected chi connectivity index (χ4v) is 1.43. The Hall–Kier alpha value is -1.27. The van der Waals surface area contributed by atoms with Crippen LogP contribution in [0.15, 0.2) is 24.3 Å². The van der Waals surface area contributed by atoms with E-state index in [1.54, 1.807) is 0 Å². The number of benzene rings is 1. The highest BCUT2D eigenvalue weighted by Crippen LogP contribution is 2.31. The summed E-state index contributed by atoms with van der Waals surface area (Å²) < 4.78 is 52.6. The minimum Gasteiger partial charge on any atom is -0.488 e. The molecule has 1 aliphatic rings. The molecule has 0 spiro atoms. The molecule has 1 aromatic rings. The summed E-state index contributed by atoms with van der Waals surface area (Å²) in [6, 6.07) is 4.71. The molecule has 0 radical (unpaired) electrons. The van der Waals surface area contributed by atoms with Crippen LogP contribution >= 0.6 is 0 Å². The van der Waals surface area contributed by atoms with Gasteiger partial charge in [-0.05, 0) is 18.2 Å². The van der Waals surface area contributed by atoms with Crippen LogP contribution in [0, 0.1) is 0 Å². The number of rotatable bonds is 3. The van der Waals surface area contributed by atoms with E-state index < -0.39 is 18.0 Å². The first-order valence-electron chi connectivity index (χ1n) is 5.09. The lowest BCUT2D eigenvalue weighted by molar-refractivity contribution is -0.137. The lowest BCUT2D eigenvalue weighted by atomic mass is 10.2. The molecule has 0 unspecified atom stereocenters. The zero-order valence-electron chi connectivity index (χ0n) is 8.87. The summed E-state index contributed by atoms with van der Waals surface area (Å²) in [4.78, 5) is 0. The lowest BCUT2D eigenvalue weighted by Crippen LogP contribution is -2.18. The SMILES string of the molecule is FC(F)(F)c1cccc(OCC2OCCO2)c1. The summed E-state index contributed by atoms with van der Waals surface area (Å²) >= 11 is 0. The van der Waals surface area contributed by atoms with E-state index in [1.165, 1.54) is 12.1 Å². The molecule has 94 valence electrons. The number of ether oxygens (including phenoxy) is 3. The van der Waals surface area contributed by atoms with Gasteiger partial charge in [0.2, 0.25) is 0 Å². The minimum atomic E-state index is -4.36. The molecule has 0 aliphatic carbocycles. The standard InChI is InChI=1S/C11H11F3O3/c12-11(13,14)8-2-1-3-9(6-8)17-7-10-15-4-5-16-10/h1-3,6,10H,4-5,7H2. The van der Waals surface area contributed by atoms with E-state index in [4.69, 9.17) is 14.2 Å². The Bertz CT molecular complexity index is 372. The summed E-state index contributed by atoms with van der Waals surface area (Å²) in [5.74, 6) is 0.152. The van der Waals surface area contributed by atoms with Crippen LogP contribution < -0.4 is 4.74 Å². The van der Waals surface area contributed by atoms with E-state index >= 15 is 0 Å². The highest BCUT2D eigenvalue weighted by Gasteiger charge is 2.30. The number of halogens is 3. The quantitative estimate of drug-likeness (QED) is 0.822. The molecule has 0 atom stereocenters. The van der Waals surface area contributed by atoms with Crippen LogP contribution in [-0.2, 0) is 15.7 Å². The number of alkyl halides is 3. The van der Waals surface area contributed by atoms with Crippen LogP contribution in [0.3, 0.4) is 0 Å². The number of hydrogen-bond donors (Lipinski definition) is 0. The van der Waals surface area contributed by atoms with Crippen molar-refractivity contribution in [2.45, 2.75) is 12.5 Å². The second kappa shape index (κ2) is 4.93. The van der Waals surface area contributed by atoms with Gasteiger partial charge >= 0.3 is 6.18 Å². The van der Waals surface area contributed by atoms with E-state index in [9.17, 15) is 13.2 Å². The number of hydrogen-bond acceptors (Lipinski definition) is 3. The van der Waals surface area contributed by atoms with Gasteiger partial charge in [-0.1, -0.05) is 6.07 Å². The van der Waals surface area contributed by atoms with Crippen molar-refractivity contribution in [1.29, 1.82) is 0 Å². The molecule has 1 fully saturated rings. The third-order valence-electron chi connectivity index (χ3n) is 2.24. The molecule has 0 aromatic heterocycles. The Kier molecular flexibility index (Phi) is 3.54. The zero-order valence-corrected chi connectivity index (χ0v) is 8.87. The van der Waals surface area contributed by atoms with Crippen LogP contribution in [0.4, 0.5) is 13.2 Å². The minimum absolute atomic E-state index is 0.0846. The predicted molar refractivity (Wildman–Crippen MR) is 52.6 cm³/mol. The largest absolute Gasteiger partial charge is 0.488 e.